The molecule has 1 amide bonds. The van der Waals surface area contributed by atoms with Crippen molar-refractivity contribution in [2.24, 2.45) is 10.1 Å². The molecule has 0 unspecified atom stereocenters. The second kappa shape index (κ2) is 7.49. The first-order valence-corrected chi connectivity index (χ1v) is 10.9. The van der Waals surface area contributed by atoms with Crippen LogP contribution in [0.5, 0.6) is 0 Å². The summed E-state index contributed by atoms with van der Waals surface area (Å²) in [6.07, 6.45) is 3.29. The van der Waals surface area contributed by atoms with Gasteiger partial charge < -0.3 is 8.98 Å². The first kappa shape index (κ1) is 20.3. The molecule has 0 bridgehead atoms. The fraction of sp³-hybridized carbons (Fsp3) is 0.167. The molecule has 0 fully saturated rings. The van der Waals surface area contributed by atoms with Gasteiger partial charge in [0.05, 0.1) is 11.8 Å². The molecule has 0 saturated heterocycles. The zero-order valence-corrected chi connectivity index (χ0v) is 18.9. The molecular formula is C24H21N5O2S. The lowest BCUT2D eigenvalue weighted by atomic mass is 10.1. The number of carbonyl (C=O) groups is 1. The molecule has 0 atom stereocenters. The number of hydrogen-bond acceptors (Lipinski definition) is 5. The van der Waals surface area contributed by atoms with Gasteiger partial charge in [-0.1, -0.05) is 6.07 Å². The fourth-order valence-electron chi connectivity index (χ4n) is 4.06. The van der Waals surface area contributed by atoms with Gasteiger partial charge in [0.1, 0.15) is 0 Å². The van der Waals surface area contributed by atoms with E-state index in [0.717, 1.165) is 22.6 Å². The van der Waals surface area contributed by atoms with Crippen molar-refractivity contribution in [2.45, 2.75) is 27.7 Å². The zero-order chi connectivity index (χ0) is 22.6. The van der Waals surface area contributed by atoms with Crippen LogP contribution in [0.3, 0.4) is 0 Å². The monoisotopic (exact) mass is 443 g/mol. The van der Waals surface area contributed by atoms with Crippen molar-refractivity contribution in [3.8, 4) is 5.69 Å². The standard InChI is InChI=1S/C24H21N5O2S/c1-13-8-14(2)10-18(9-13)28-15(3)11-17(16(28)4)12-19-21(25)29-24(26-22(19)30)32-23(27-29)20-6-5-7-31-20/h5-12,25H,1-4H3/b19-12-,25-21?. The van der Waals surface area contributed by atoms with Gasteiger partial charge in [0.25, 0.3) is 5.91 Å². The van der Waals surface area contributed by atoms with Gasteiger partial charge in [-0.05, 0) is 92.6 Å². The summed E-state index contributed by atoms with van der Waals surface area (Å²) in [4.78, 5) is 17.0. The SMILES string of the molecule is Cc1cc(C)cc(-n2c(C)cc(/C=C3/C(=N)N4N=C(c5ccco5)SC4=NC3=O)c2C)c1. The van der Waals surface area contributed by atoms with Gasteiger partial charge in [-0.2, -0.15) is 15.1 Å². The number of nitrogens with zero attached hydrogens (tertiary/aromatic N) is 4. The molecule has 0 spiro atoms. The van der Waals surface area contributed by atoms with E-state index in [1.807, 2.05) is 19.9 Å². The summed E-state index contributed by atoms with van der Waals surface area (Å²) in [5.41, 5.74) is 6.58. The lowest BCUT2D eigenvalue weighted by Crippen LogP contribution is -2.35. The molecule has 2 aliphatic rings. The number of nitrogens with one attached hydrogen (secondary N) is 1. The highest BCUT2D eigenvalue weighted by molar-refractivity contribution is 8.27. The number of amidine groups is 2. The number of amides is 1. The number of benzene rings is 1. The number of furan rings is 1. The topological polar surface area (TPSA) is 86.9 Å². The maximum atomic E-state index is 12.8. The van der Waals surface area contributed by atoms with Crippen LogP contribution >= 0.6 is 11.8 Å². The number of carbonyl (C=O) groups excluding carboxylic acids is 1. The highest BCUT2D eigenvalue weighted by Gasteiger charge is 2.36. The van der Waals surface area contributed by atoms with Crippen molar-refractivity contribution in [1.29, 1.82) is 5.41 Å². The molecule has 2 aromatic heterocycles. The van der Waals surface area contributed by atoms with Gasteiger partial charge >= 0.3 is 0 Å². The minimum absolute atomic E-state index is 0.00487. The van der Waals surface area contributed by atoms with Gasteiger partial charge in [-0.15, -0.1) is 0 Å². The van der Waals surface area contributed by atoms with Crippen LogP contribution in [-0.4, -0.2) is 31.5 Å². The van der Waals surface area contributed by atoms with E-state index in [1.165, 1.54) is 27.9 Å². The van der Waals surface area contributed by atoms with E-state index in [-0.39, 0.29) is 11.4 Å². The summed E-state index contributed by atoms with van der Waals surface area (Å²) in [6.45, 7) is 8.21. The van der Waals surface area contributed by atoms with Crippen molar-refractivity contribution in [3.63, 3.8) is 0 Å². The predicted molar refractivity (Wildman–Crippen MR) is 128 cm³/mol. The van der Waals surface area contributed by atoms with E-state index < -0.39 is 5.91 Å². The molecule has 7 nitrogen and oxygen atoms in total. The van der Waals surface area contributed by atoms with Gasteiger partial charge in [-0.25, -0.2) is 0 Å². The van der Waals surface area contributed by atoms with Gasteiger partial charge in [0, 0.05) is 17.1 Å². The van der Waals surface area contributed by atoms with E-state index >= 15 is 0 Å². The van der Waals surface area contributed by atoms with E-state index in [0.29, 0.717) is 16.0 Å². The summed E-state index contributed by atoms with van der Waals surface area (Å²) in [7, 11) is 0. The number of fused-ring (bicyclic) bond motifs is 1. The highest BCUT2D eigenvalue weighted by Crippen LogP contribution is 2.32. The molecular weight excluding hydrogens is 422 g/mol. The molecule has 3 aromatic rings. The molecule has 4 heterocycles. The molecule has 5 rings (SSSR count). The first-order chi connectivity index (χ1) is 15.3. The Labute approximate surface area is 189 Å². The first-order valence-electron chi connectivity index (χ1n) is 10.1. The van der Waals surface area contributed by atoms with Crippen molar-refractivity contribution < 1.29 is 9.21 Å². The van der Waals surface area contributed by atoms with Crippen LogP contribution in [0.4, 0.5) is 0 Å². The Morgan fingerprint density at radius 1 is 1.09 bits per heavy atom. The molecule has 1 N–H and O–H groups in total. The second-order valence-electron chi connectivity index (χ2n) is 7.91. The number of thioether (sulfide) groups is 1. The minimum Gasteiger partial charge on any atom is -0.462 e. The average Bonchev–Trinajstić information content (AvgIpc) is 3.44. The molecule has 160 valence electrons. The second-order valence-corrected chi connectivity index (χ2v) is 8.87. The summed E-state index contributed by atoms with van der Waals surface area (Å²) < 4.78 is 7.56. The largest absolute Gasteiger partial charge is 0.462 e. The highest BCUT2D eigenvalue weighted by atomic mass is 32.2. The third-order valence-corrected chi connectivity index (χ3v) is 6.34. The number of aromatic nitrogens is 1. The van der Waals surface area contributed by atoms with Crippen LogP contribution in [0.1, 0.15) is 33.8 Å². The Bertz CT molecular complexity index is 1360. The van der Waals surface area contributed by atoms with Crippen LogP contribution in [0.25, 0.3) is 11.8 Å². The van der Waals surface area contributed by atoms with Crippen LogP contribution in [0, 0.1) is 33.1 Å². The summed E-state index contributed by atoms with van der Waals surface area (Å²) >= 11 is 1.22. The smallest absolute Gasteiger partial charge is 0.283 e. The molecule has 32 heavy (non-hydrogen) atoms. The van der Waals surface area contributed by atoms with Gasteiger partial charge in [-0.3, -0.25) is 10.2 Å². The van der Waals surface area contributed by atoms with Crippen molar-refractivity contribution in [1.82, 2.24) is 9.58 Å². The Hall–Kier alpha value is -3.65. The normalized spacial score (nSPS) is 17.1. The van der Waals surface area contributed by atoms with Crippen LogP contribution < -0.4 is 0 Å². The maximum absolute atomic E-state index is 12.8. The number of hydrogen-bond donors (Lipinski definition) is 1. The van der Waals surface area contributed by atoms with Crippen molar-refractivity contribution >= 4 is 39.8 Å². The summed E-state index contributed by atoms with van der Waals surface area (Å²) in [5.74, 6) is 0.140. The van der Waals surface area contributed by atoms with Crippen molar-refractivity contribution in [3.05, 3.63) is 82.1 Å². The van der Waals surface area contributed by atoms with E-state index in [9.17, 15) is 4.79 Å². The van der Waals surface area contributed by atoms with Crippen LogP contribution in [-0.2, 0) is 4.79 Å². The van der Waals surface area contributed by atoms with Gasteiger partial charge in [0.2, 0.25) is 5.17 Å². The number of aliphatic imine (C=N–C) groups is 1. The molecule has 0 saturated carbocycles. The maximum Gasteiger partial charge on any atom is 0.283 e. The van der Waals surface area contributed by atoms with Crippen LogP contribution in [0.2, 0.25) is 0 Å². The average molecular weight is 444 g/mol. The molecule has 1 aromatic carbocycles. The van der Waals surface area contributed by atoms with E-state index in [2.05, 4.69) is 46.7 Å². The lowest BCUT2D eigenvalue weighted by Gasteiger charge is -2.20. The summed E-state index contributed by atoms with van der Waals surface area (Å²) in [6, 6.07) is 12.0. The molecule has 0 radical (unpaired) electrons. The Morgan fingerprint density at radius 3 is 2.53 bits per heavy atom. The number of aryl methyl sites for hydroxylation is 3. The van der Waals surface area contributed by atoms with E-state index in [4.69, 9.17) is 9.83 Å². The quantitative estimate of drug-likeness (QED) is 0.579. The predicted octanol–water partition coefficient (Wildman–Crippen LogP) is 4.97. The fourth-order valence-corrected chi connectivity index (χ4v) is 4.92. The number of hydrazone groups is 1. The van der Waals surface area contributed by atoms with Crippen molar-refractivity contribution in [2.75, 3.05) is 0 Å². The Balaban J connectivity index is 1.54. The lowest BCUT2D eigenvalue weighted by molar-refractivity contribution is -0.114. The molecule has 2 aliphatic heterocycles. The van der Waals surface area contributed by atoms with E-state index in [1.54, 1.807) is 24.5 Å². The minimum atomic E-state index is -0.444. The zero-order valence-electron chi connectivity index (χ0n) is 18.1. The Kier molecular flexibility index (Phi) is 4.74. The summed E-state index contributed by atoms with van der Waals surface area (Å²) in [5, 5.41) is 15.4. The third-order valence-electron chi connectivity index (χ3n) is 5.42. The van der Waals surface area contributed by atoms with Gasteiger partial charge in [0.15, 0.2) is 16.6 Å². The van der Waals surface area contributed by atoms with Crippen LogP contribution in [0.15, 0.2) is 62.7 Å². The number of rotatable bonds is 3. The Morgan fingerprint density at radius 2 is 1.84 bits per heavy atom. The third kappa shape index (κ3) is 3.33. The molecule has 0 aliphatic carbocycles. The molecule has 8 heteroatoms.